The monoisotopic (exact) mass is 516 g/mol. The molecule has 1 aromatic heterocycles. The lowest BCUT2D eigenvalue weighted by Gasteiger charge is -2.10. The Morgan fingerprint density at radius 3 is 2.26 bits per heavy atom. The fourth-order valence-corrected chi connectivity index (χ4v) is 4.04. The highest BCUT2D eigenvalue weighted by atomic mass is 19.4. The van der Waals surface area contributed by atoms with Crippen LogP contribution in [0.1, 0.15) is 29.8 Å². The molecule has 0 unspecified atom stereocenters. The van der Waals surface area contributed by atoms with Gasteiger partial charge in [0.1, 0.15) is 0 Å². The molecule has 6 nitrogen and oxygen atoms in total. The van der Waals surface area contributed by atoms with Gasteiger partial charge in [0.2, 0.25) is 0 Å². The fourth-order valence-electron chi connectivity index (χ4n) is 4.04. The number of benzene rings is 4. The third-order valence-corrected chi connectivity index (χ3v) is 5.80. The van der Waals surface area contributed by atoms with Crippen LogP contribution >= 0.6 is 0 Å². The molecule has 5 aromatic rings. The zero-order chi connectivity index (χ0) is 26.9. The number of carbonyl (C=O) groups excluding carboxylic acids is 1. The summed E-state index contributed by atoms with van der Waals surface area (Å²) >= 11 is 0. The van der Waals surface area contributed by atoms with Crippen LogP contribution in [0.3, 0.4) is 0 Å². The Hall–Kier alpha value is -4.66. The number of anilines is 1. The maximum absolute atomic E-state index is 13.0. The Kier molecular flexibility index (Phi) is 6.59. The molecular formula is C29H23F3N4O2. The minimum Gasteiger partial charge on any atom is -0.460 e. The molecule has 1 amide bonds. The van der Waals surface area contributed by atoms with Crippen LogP contribution in [0.4, 0.5) is 18.9 Å². The number of hydrogen-bond donors (Lipinski definition) is 1. The van der Waals surface area contributed by atoms with E-state index in [0.29, 0.717) is 28.3 Å². The summed E-state index contributed by atoms with van der Waals surface area (Å²) in [6.45, 7) is 3.65. The van der Waals surface area contributed by atoms with E-state index in [-0.39, 0.29) is 18.0 Å². The molecule has 1 N–H and O–H groups in total. The molecule has 0 aliphatic heterocycles. The van der Waals surface area contributed by atoms with Crippen molar-refractivity contribution in [3.8, 4) is 23.1 Å². The molecule has 192 valence electrons. The van der Waals surface area contributed by atoms with Crippen LogP contribution in [-0.2, 0) is 6.18 Å². The van der Waals surface area contributed by atoms with E-state index in [0.717, 1.165) is 22.9 Å². The van der Waals surface area contributed by atoms with E-state index in [1.807, 2.05) is 50.2 Å². The lowest BCUT2D eigenvalue weighted by molar-refractivity contribution is -0.137. The van der Waals surface area contributed by atoms with Crippen molar-refractivity contribution >= 4 is 22.4 Å². The van der Waals surface area contributed by atoms with E-state index in [2.05, 4.69) is 15.4 Å². The Balaban J connectivity index is 1.44. The molecule has 0 saturated heterocycles. The van der Waals surface area contributed by atoms with E-state index in [9.17, 15) is 18.0 Å². The van der Waals surface area contributed by atoms with Crippen molar-refractivity contribution in [2.75, 3.05) is 5.32 Å². The minimum absolute atomic E-state index is 0.100. The number of aromatic nitrogens is 3. The summed E-state index contributed by atoms with van der Waals surface area (Å²) in [5.74, 6) is 0.0790. The number of nitrogens with one attached hydrogen (secondary N) is 1. The second-order valence-electron chi connectivity index (χ2n) is 8.90. The molecule has 0 fully saturated rings. The number of nitrogens with zero attached hydrogens (tertiary/aromatic N) is 3. The van der Waals surface area contributed by atoms with Crippen LogP contribution in [0.2, 0.25) is 0 Å². The summed E-state index contributed by atoms with van der Waals surface area (Å²) in [6.07, 6.45) is -4.64. The molecule has 0 saturated carbocycles. The SMILES string of the molecule is CC(C)Oc1nc(-c2ccc(C(F)(F)F)cc2)n(-c2ccc(NC(=O)c3cccc4ccccc34)cc2)n1. The van der Waals surface area contributed by atoms with Crippen molar-refractivity contribution < 1.29 is 22.7 Å². The Labute approximate surface area is 216 Å². The number of alkyl halides is 3. The molecule has 0 atom stereocenters. The van der Waals surface area contributed by atoms with Crippen molar-refractivity contribution in [2.24, 2.45) is 0 Å². The van der Waals surface area contributed by atoms with Gasteiger partial charge in [0.25, 0.3) is 5.91 Å². The number of amides is 1. The van der Waals surface area contributed by atoms with Crippen LogP contribution < -0.4 is 10.1 Å². The first-order chi connectivity index (χ1) is 18.2. The molecule has 0 aliphatic carbocycles. The highest BCUT2D eigenvalue weighted by molar-refractivity contribution is 6.12. The number of rotatable bonds is 6. The van der Waals surface area contributed by atoms with E-state index in [1.165, 1.54) is 16.8 Å². The van der Waals surface area contributed by atoms with Gasteiger partial charge in [0.15, 0.2) is 5.82 Å². The molecular weight excluding hydrogens is 493 g/mol. The third-order valence-electron chi connectivity index (χ3n) is 5.80. The Morgan fingerprint density at radius 1 is 0.895 bits per heavy atom. The highest BCUT2D eigenvalue weighted by Crippen LogP contribution is 2.32. The summed E-state index contributed by atoms with van der Waals surface area (Å²) in [4.78, 5) is 17.4. The molecule has 38 heavy (non-hydrogen) atoms. The maximum atomic E-state index is 13.0. The van der Waals surface area contributed by atoms with Gasteiger partial charge in [-0.3, -0.25) is 4.79 Å². The molecule has 0 radical (unpaired) electrons. The summed E-state index contributed by atoms with van der Waals surface area (Å²) in [5.41, 5.74) is 1.41. The summed E-state index contributed by atoms with van der Waals surface area (Å²) in [5, 5.41) is 9.15. The zero-order valence-electron chi connectivity index (χ0n) is 20.5. The van der Waals surface area contributed by atoms with Gasteiger partial charge in [-0.15, -0.1) is 5.10 Å². The van der Waals surface area contributed by atoms with E-state index in [1.54, 1.807) is 30.3 Å². The number of fused-ring (bicyclic) bond motifs is 1. The lowest BCUT2D eigenvalue weighted by atomic mass is 10.0. The minimum atomic E-state index is -4.44. The second kappa shape index (κ2) is 10.0. The molecule has 0 bridgehead atoms. The lowest BCUT2D eigenvalue weighted by Crippen LogP contribution is -2.12. The smallest absolute Gasteiger partial charge is 0.416 e. The normalized spacial score (nSPS) is 11.6. The van der Waals surface area contributed by atoms with Gasteiger partial charge >= 0.3 is 12.2 Å². The standard InChI is InChI=1S/C29H23F3N4O2/c1-18(2)38-28-34-26(20-10-12-21(13-11-20)29(30,31)32)36(35-28)23-16-14-22(15-17-23)33-27(37)25-9-5-7-19-6-3-4-8-24(19)25/h3-18H,1-2H3,(H,33,37). The number of hydrogen-bond acceptors (Lipinski definition) is 4. The first kappa shape index (κ1) is 25.0. The highest BCUT2D eigenvalue weighted by Gasteiger charge is 2.30. The molecule has 1 heterocycles. The fraction of sp³-hybridized carbons (Fsp3) is 0.138. The first-order valence-corrected chi connectivity index (χ1v) is 11.9. The predicted octanol–water partition coefficient (Wildman–Crippen LogP) is 7.15. The predicted molar refractivity (Wildman–Crippen MR) is 139 cm³/mol. The van der Waals surface area contributed by atoms with Crippen molar-refractivity contribution in [2.45, 2.75) is 26.1 Å². The average Bonchev–Trinajstić information content (AvgIpc) is 3.31. The summed E-state index contributed by atoms with van der Waals surface area (Å²) in [7, 11) is 0. The van der Waals surface area contributed by atoms with Gasteiger partial charge in [-0.25, -0.2) is 4.68 Å². The van der Waals surface area contributed by atoms with Gasteiger partial charge in [-0.05, 0) is 67.1 Å². The van der Waals surface area contributed by atoms with Gasteiger partial charge in [0.05, 0.1) is 17.4 Å². The molecule has 5 rings (SSSR count). The number of carbonyl (C=O) groups is 1. The average molecular weight is 517 g/mol. The third kappa shape index (κ3) is 5.22. The van der Waals surface area contributed by atoms with E-state index in [4.69, 9.17) is 4.74 Å². The van der Waals surface area contributed by atoms with Crippen LogP contribution in [0.25, 0.3) is 27.8 Å². The van der Waals surface area contributed by atoms with Crippen LogP contribution in [0.5, 0.6) is 6.01 Å². The van der Waals surface area contributed by atoms with Gasteiger partial charge < -0.3 is 10.1 Å². The van der Waals surface area contributed by atoms with Gasteiger partial charge in [-0.1, -0.05) is 48.5 Å². The van der Waals surface area contributed by atoms with Crippen LogP contribution in [0.15, 0.2) is 91.0 Å². The van der Waals surface area contributed by atoms with Crippen molar-refractivity contribution in [3.63, 3.8) is 0 Å². The Morgan fingerprint density at radius 2 is 1.58 bits per heavy atom. The van der Waals surface area contributed by atoms with E-state index < -0.39 is 11.7 Å². The van der Waals surface area contributed by atoms with Crippen molar-refractivity contribution in [3.05, 3.63) is 102 Å². The van der Waals surface area contributed by atoms with Crippen LogP contribution in [0, 0.1) is 0 Å². The van der Waals surface area contributed by atoms with E-state index >= 15 is 0 Å². The second-order valence-corrected chi connectivity index (χ2v) is 8.90. The maximum Gasteiger partial charge on any atom is 0.416 e. The zero-order valence-corrected chi connectivity index (χ0v) is 20.5. The molecule has 0 spiro atoms. The van der Waals surface area contributed by atoms with Crippen molar-refractivity contribution in [1.29, 1.82) is 0 Å². The molecule has 0 aliphatic rings. The quantitative estimate of drug-likeness (QED) is 0.260. The van der Waals surface area contributed by atoms with Crippen LogP contribution in [-0.4, -0.2) is 26.8 Å². The van der Waals surface area contributed by atoms with Gasteiger partial charge in [-0.2, -0.15) is 18.2 Å². The summed E-state index contributed by atoms with van der Waals surface area (Å²) in [6, 6.07) is 24.9. The Bertz CT molecular complexity index is 1590. The summed E-state index contributed by atoms with van der Waals surface area (Å²) < 4.78 is 46.3. The van der Waals surface area contributed by atoms with Crippen molar-refractivity contribution in [1.82, 2.24) is 14.8 Å². The molecule has 9 heteroatoms. The van der Waals surface area contributed by atoms with Gasteiger partial charge in [0, 0.05) is 16.8 Å². The topological polar surface area (TPSA) is 69.0 Å². The molecule has 4 aromatic carbocycles. The number of ether oxygens (including phenoxy) is 1. The first-order valence-electron chi connectivity index (χ1n) is 11.9. The number of halogens is 3. The largest absolute Gasteiger partial charge is 0.460 e.